The Balaban J connectivity index is 1.90. The number of hydrogen-bond donors (Lipinski definition) is 1. The van der Waals surface area contributed by atoms with E-state index in [1.54, 1.807) is 0 Å². The summed E-state index contributed by atoms with van der Waals surface area (Å²) >= 11 is 5.98. The maximum atomic E-state index is 9.54. The lowest BCUT2D eigenvalue weighted by Crippen LogP contribution is -2.23. The third-order valence-electron chi connectivity index (χ3n) is 3.55. The summed E-state index contributed by atoms with van der Waals surface area (Å²) in [5.74, 6) is 1.02. The first-order valence-electron chi connectivity index (χ1n) is 6.15. The van der Waals surface area contributed by atoms with Gasteiger partial charge in [0.1, 0.15) is 5.82 Å². The fourth-order valence-electron chi connectivity index (χ4n) is 2.52. The van der Waals surface area contributed by atoms with E-state index in [1.807, 2.05) is 25.2 Å². The minimum Gasteiger partial charge on any atom is -0.392 e. The lowest BCUT2D eigenvalue weighted by molar-refractivity contribution is 0.173. The van der Waals surface area contributed by atoms with Crippen molar-refractivity contribution in [1.82, 2.24) is 14.5 Å². The Kier molecular flexibility index (Phi) is 3.01. The minimum atomic E-state index is -0.186. The summed E-state index contributed by atoms with van der Waals surface area (Å²) in [5, 5.41) is 10.2. The van der Waals surface area contributed by atoms with E-state index in [9.17, 15) is 5.11 Å². The van der Waals surface area contributed by atoms with Crippen molar-refractivity contribution in [3.8, 4) is 0 Å². The molecule has 0 unspecified atom stereocenters. The van der Waals surface area contributed by atoms with Gasteiger partial charge >= 0.3 is 0 Å². The number of hydrogen-bond acceptors (Lipinski definition) is 3. The number of nitrogens with zero attached hydrogens (tertiary/aromatic N) is 3. The normalized spacial score (nSPS) is 20.9. The van der Waals surface area contributed by atoms with Crippen LogP contribution in [0.15, 0.2) is 18.2 Å². The molecule has 0 spiro atoms. The minimum absolute atomic E-state index is 0.186. The van der Waals surface area contributed by atoms with Gasteiger partial charge in [-0.05, 0) is 24.6 Å². The van der Waals surface area contributed by atoms with E-state index < -0.39 is 0 Å². The van der Waals surface area contributed by atoms with Crippen molar-refractivity contribution in [1.29, 1.82) is 0 Å². The predicted molar refractivity (Wildman–Crippen MR) is 71.6 cm³/mol. The number of aliphatic hydroxyl groups is 1. The van der Waals surface area contributed by atoms with Crippen LogP contribution >= 0.6 is 11.6 Å². The Bertz CT molecular complexity index is 581. The van der Waals surface area contributed by atoms with Crippen molar-refractivity contribution < 1.29 is 5.11 Å². The quantitative estimate of drug-likeness (QED) is 0.900. The van der Waals surface area contributed by atoms with E-state index in [1.165, 1.54) is 0 Å². The SMILES string of the molecule is Cn1c(CN2CC[C@H](O)C2)nc2cc(Cl)ccc21. The van der Waals surface area contributed by atoms with E-state index >= 15 is 0 Å². The highest BCUT2D eigenvalue weighted by Crippen LogP contribution is 2.21. The first-order valence-corrected chi connectivity index (χ1v) is 6.52. The third-order valence-corrected chi connectivity index (χ3v) is 3.78. The molecule has 4 nitrogen and oxygen atoms in total. The van der Waals surface area contributed by atoms with Crippen LogP contribution in [0, 0.1) is 0 Å². The van der Waals surface area contributed by atoms with Crippen LogP contribution in [-0.4, -0.2) is 38.8 Å². The molecule has 1 aliphatic heterocycles. The molecule has 3 rings (SSSR count). The standard InChI is InChI=1S/C13H16ClN3O/c1-16-12-3-2-9(14)6-11(12)15-13(16)8-17-5-4-10(18)7-17/h2-3,6,10,18H,4-5,7-8H2,1H3/t10-/m0/s1. The van der Waals surface area contributed by atoms with Gasteiger partial charge in [0.2, 0.25) is 0 Å². The predicted octanol–water partition coefficient (Wildman–Crippen LogP) is 1.79. The zero-order chi connectivity index (χ0) is 12.7. The average molecular weight is 266 g/mol. The zero-order valence-corrected chi connectivity index (χ0v) is 11.1. The summed E-state index contributed by atoms with van der Waals surface area (Å²) in [6.45, 7) is 2.45. The second-order valence-electron chi connectivity index (χ2n) is 4.90. The number of aryl methyl sites for hydroxylation is 1. The van der Waals surface area contributed by atoms with Crippen LogP contribution in [0.2, 0.25) is 5.02 Å². The van der Waals surface area contributed by atoms with Gasteiger partial charge in [0.15, 0.2) is 0 Å². The molecule has 0 amide bonds. The number of aromatic nitrogens is 2. The number of halogens is 1. The van der Waals surface area contributed by atoms with Gasteiger partial charge in [-0.25, -0.2) is 4.98 Å². The second kappa shape index (κ2) is 4.53. The lowest BCUT2D eigenvalue weighted by Gasteiger charge is -2.14. The van der Waals surface area contributed by atoms with Crippen LogP contribution in [0.25, 0.3) is 11.0 Å². The molecule has 1 fully saturated rings. The molecular weight excluding hydrogens is 250 g/mol. The van der Waals surface area contributed by atoms with Gasteiger partial charge in [0.25, 0.3) is 0 Å². The molecule has 0 saturated carbocycles. The smallest absolute Gasteiger partial charge is 0.123 e. The molecule has 96 valence electrons. The van der Waals surface area contributed by atoms with E-state index in [0.29, 0.717) is 5.02 Å². The number of β-amino-alcohol motifs (C(OH)–C–C–N with tert-alkyl or cyclic N) is 1. The highest BCUT2D eigenvalue weighted by Gasteiger charge is 2.21. The summed E-state index contributed by atoms with van der Waals surface area (Å²) in [7, 11) is 2.02. The van der Waals surface area contributed by atoms with E-state index in [-0.39, 0.29) is 6.10 Å². The number of rotatable bonds is 2. The van der Waals surface area contributed by atoms with Crippen LogP contribution in [0.4, 0.5) is 0 Å². The van der Waals surface area contributed by atoms with Gasteiger partial charge in [-0.15, -0.1) is 0 Å². The highest BCUT2D eigenvalue weighted by molar-refractivity contribution is 6.31. The summed E-state index contributed by atoms with van der Waals surface area (Å²) in [6.07, 6.45) is 0.671. The number of fused-ring (bicyclic) bond motifs is 1. The third kappa shape index (κ3) is 2.11. The lowest BCUT2D eigenvalue weighted by atomic mass is 10.3. The number of likely N-dealkylation sites (tertiary alicyclic amines) is 1. The fourth-order valence-corrected chi connectivity index (χ4v) is 2.69. The first kappa shape index (κ1) is 12.0. The molecule has 1 N–H and O–H groups in total. The topological polar surface area (TPSA) is 41.3 Å². The van der Waals surface area contributed by atoms with Crippen molar-refractivity contribution in [3.63, 3.8) is 0 Å². The Morgan fingerprint density at radius 2 is 2.33 bits per heavy atom. The molecule has 1 aromatic heterocycles. The molecule has 1 atom stereocenters. The maximum absolute atomic E-state index is 9.54. The van der Waals surface area contributed by atoms with Gasteiger partial charge in [-0.2, -0.15) is 0 Å². The van der Waals surface area contributed by atoms with E-state index in [2.05, 4.69) is 14.5 Å². The highest BCUT2D eigenvalue weighted by atomic mass is 35.5. The monoisotopic (exact) mass is 265 g/mol. The molecule has 1 aromatic carbocycles. The Labute approximate surface area is 111 Å². The number of benzene rings is 1. The Morgan fingerprint density at radius 3 is 3.06 bits per heavy atom. The Hall–Kier alpha value is -1.10. The zero-order valence-electron chi connectivity index (χ0n) is 10.3. The molecule has 0 aliphatic carbocycles. The molecule has 2 aromatic rings. The number of aliphatic hydroxyl groups excluding tert-OH is 1. The van der Waals surface area contributed by atoms with Crippen LogP contribution in [0.1, 0.15) is 12.2 Å². The Morgan fingerprint density at radius 1 is 1.50 bits per heavy atom. The van der Waals surface area contributed by atoms with Gasteiger partial charge in [0.05, 0.1) is 23.7 Å². The van der Waals surface area contributed by atoms with Crippen molar-refractivity contribution in [2.75, 3.05) is 13.1 Å². The molecule has 2 heterocycles. The van der Waals surface area contributed by atoms with Crippen LogP contribution in [0.3, 0.4) is 0 Å². The molecule has 1 aliphatic rings. The van der Waals surface area contributed by atoms with Crippen LogP contribution < -0.4 is 0 Å². The molecule has 0 bridgehead atoms. The summed E-state index contributed by atoms with van der Waals surface area (Å²) < 4.78 is 2.09. The van der Waals surface area contributed by atoms with Crippen molar-refractivity contribution in [2.24, 2.45) is 7.05 Å². The maximum Gasteiger partial charge on any atom is 0.123 e. The fraction of sp³-hybridized carbons (Fsp3) is 0.462. The van der Waals surface area contributed by atoms with Crippen molar-refractivity contribution >= 4 is 22.6 Å². The number of imidazole rings is 1. The molecule has 1 saturated heterocycles. The van der Waals surface area contributed by atoms with Crippen LogP contribution in [0.5, 0.6) is 0 Å². The first-order chi connectivity index (χ1) is 8.63. The van der Waals surface area contributed by atoms with Gasteiger partial charge in [-0.3, -0.25) is 4.90 Å². The average Bonchev–Trinajstić information content (AvgIpc) is 2.85. The summed E-state index contributed by atoms with van der Waals surface area (Å²) in [5.41, 5.74) is 2.02. The molecular formula is C13H16ClN3O. The summed E-state index contributed by atoms with van der Waals surface area (Å²) in [4.78, 5) is 6.85. The second-order valence-corrected chi connectivity index (χ2v) is 5.33. The summed E-state index contributed by atoms with van der Waals surface area (Å²) in [6, 6.07) is 5.77. The van der Waals surface area contributed by atoms with E-state index in [4.69, 9.17) is 11.6 Å². The van der Waals surface area contributed by atoms with Crippen molar-refractivity contribution in [2.45, 2.75) is 19.1 Å². The van der Waals surface area contributed by atoms with Crippen molar-refractivity contribution in [3.05, 3.63) is 29.0 Å². The van der Waals surface area contributed by atoms with Gasteiger partial charge in [-0.1, -0.05) is 11.6 Å². The molecule has 18 heavy (non-hydrogen) atoms. The van der Waals surface area contributed by atoms with E-state index in [0.717, 1.165) is 42.9 Å². The van der Waals surface area contributed by atoms with Gasteiger partial charge < -0.3 is 9.67 Å². The molecule has 0 radical (unpaired) electrons. The van der Waals surface area contributed by atoms with Gasteiger partial charge in [0, 0.05) is 25.2 Å². The largest absolute Gasteiger partial charge is 0.392 e. The molecule has 5 heteroatoms. The van der Waals surface area contributed by atoms with Crippen LogP contribution in [-0.2, 0) is 13.6 Å².